The lowest BCUT2D eigenvalue weighted by atomic mass is 10.2. The molecule has 10 nitrogen and oxygen atoms in total. The highest BCUT2D eigenvalue weighted by Gasteiger charge is 2.17. The van der Waals surface area contributed by atoms with E-state index in [2.05, 4.69) is 10.6 Å². The van der Waals surface area contributed by atoms with E-state index in [1.807, 2.05) is 6.07 Å². The van der Waals surface area contributed by atoms with E-state index in [4.69, 9.17) is 14.2 Å². The van der Waals surface area contributed by atoms with E-state index in [1.165, 1.54) is 44.6 Å². The van der Waals surface area contributed by atoms with Crippen LogP contribution >= 0.6 is 0 Å². The van der Waals surface area contributed by atoms with Gasteiger partial charge in [0.25, 0.3) is 17.5 Å². The number of amides is 2. The normalized spacial score (nSPS) is 10.2. The largest absolute Gasteiger partial charge is 0.494 e. The summed E-state index contributed by atoms with van der Waals surface area (Å²) in [5, 5.41) is 16.4. The first-order valence-electron chi connectivity index (χ1n) is 10.1. The third kappa shape index (κ3) is 5.80. The smallest absolute Gasteiger partial charge is 0.272 e. The topological polar surface area (TPSA) is 129 Å². The van der Waals surface area contributed by atoms with Gasteiger partial charge in [0.2, 0.25) is 0 Å². The van der Waals surface area contributed by atoms with Crippen molar-refractivity contribution in [1.82, 2.24) is 0 Å². The van der Waals surface area contributed by atoms with Gasteiger partial charge in [-0.15, -0.1) is 0 Å². The Balaban J connectivity index is 1.71. The number of carbonyl (C=O) groups excluding carboxylic acids is 2. The molecule has 3 aromatic carbocycles. The number of carbonyl (C=O) groups is 2. The lowest BCUT2D eigenvalue weighted by Crippen LogP contribution is -2.21. The van der Waals surface area contributed by atoms with E-state index in [1.54, 1.807) is 31.2 Å². The minimum Gasteiger partial charge on any atom is -0.494 e. The standard InChI is InChI=1S/C24H23N3O7/c1-15-11-17(9-10-20(15)27(30)31)34-14-23(28)25-18-12-22(33-3)19(13-21(18)32-2)26-24(29)16-7-5-4-6-8-16/h4-13H,14H2,1-3H3,(H,25,28)(H,26,29). The molecule has 0 atom stereocenters. The summed E-state index contributed by atoms with van der Waals surface area (Å²) in [5.74, 6) is 0.111. The molecule has 10 heteroatoms. The Labute approximate surface area is 195 Å². The molecule has 2 N–H and O–H groups in total. The SMILES string of the molecule is COc1cc(NC(=O)c2ccccc2)c(OC)cc1NC(=O)COc1ccc([N+](=O)[O-])c(C)c1. The first-order chi connectivity index (χ1) is 16.3. The van der Waals surface area contributed by atoms with Gasteiger partial charge in [0, 0.05) is 29.3 Å². The molecule has 0 aliphatic carbocycles. The van der Waals surface area contributed by atoms with Crippen LogP contribution in [0.15, 0.2) is 60.7 Å². The van der Waals surface area contributed by atoms with Crippen molar-refractivity contribution in [2.24, 2.45) is 0 Å². The van der Waals surface area contributed by atoms with Gasteiger partial charge in [0.15, 0.2) is 6.61 Å². The molecule has 176 valence electrons. The molecule has 0 saturated heterocycles. The third-order valence-corrected chi connectivity index (χ3v) is 4.81. The molecule has 0 aliphatic rings. The summed E-state index contributed by atoms with van der Waals surface area (Å²) < 4.78 is 16.2. The first-order valence-corrected chi connectivity index (χ1v) is 10.1. The van der Waals surface area contributed by atoms with Gasteiger partial charge in [-0.3, -0.25) is 19.7 Å². The summed E-state index contributed by atoms with van der Waals surface area (Å²) in [7, 11) is 2.86. The molecular weight excluding hydrogens is 442 g/mol. The van der Waals surface area contributed by atoms with Gasteiger partial charge >= 0.3 is 0 Å². The van der Waals surface area contributed by atoms with Crippen molar-refractivity contribution in [1.29, 1.82) is 0 Å². The molecule has 0 radical (unpaired) electrons. The zero-order chi connectivity index (χ0) is 24.7. The van der Waals surface area contributed by atoms with Crippen molar-refractivity contribution in [2.75, 3.05) is 31.5 Å². The van der Waals surface area contributed by atoms with Gasteiger partial charge in [-0.25, -0.2) is 0 Å². The minimum absolute atomic E-state index is 0.0342. The maximum Gasteiger partial charge on any atom is 0.272 e. The predicted octanol–water partition coefficient (Wildman–Crippen LogP) is 4.19. The Morgan fingerprint density at radius 2 is 1.53 bits per heavy atom. The van der Waals surface area contributed by atoms with Crippen molar-refractivity contribution < 1.29 is 28.7 Å². The number of nitrogens with zero attached hydrogens (tertiary/aromatic N) is 1. The van der Waals surface area contributed by atoms with Gasteiger partial charge in [0.05, 0.1) is 30.5 Å². The molecule has 0 fully saturated rings. The second-order valence-electron chi connectivity index (χ2n) is 7.12. The van der Waals surface area contributed by atoms with Crippen molar-refractivity contribution in [3.8, 4) is 17.2 Å². The monoisotopic (exact) mass is 465 g/mol. The minimum atomic E-state index is -0.489. The zero-order valence-electron chi connectivity index (χ0n) is 18.8. The van der Waals surface area contributed by atoms with E-state index < -0.39 is 10.8 Å². The van der Waals surface area contributed by atoms with Crippen LogP contribution in [0.3, 0.4) is 0 Å². The van der Waals surface area contributed by atoms with Crippen LogP contribution in [0.2, 0.25) is 0 Å². The number of nitro groups is 1. The molecule has 0 spiro atoms. The lowest BCUT2D eigenvalue weighted by Gasteiger charge is -2.16. The lowest BCUT2D eigenvalue weighted by molar-refractivity contribution is -0.385. The fraction of sp³-hybridized carbons (Fsp3) is 0.167. The molecular formula is C24H23N3O7. The third-order valence-electron chi connectivity index (χ3n) is 4.81. The Bertz CT molecular complexity index is 1210. The second-order valence-corrected chi connectivity index (χ2v) is 7.12. The van der Waals surface area contributed by atoms with Gasteiger partial charge in [-0.2, -0.15) is 0 Å². The molecule has 3 aromatic rings. The molecule has 0 aromatic heterocycles. The maximum absolute atomic E-state index is 12.5. The molecule has 0 saturated carbocycles. The van der Waals surface area contributed by atoms with Gasteiger partial charge in [-0.1, -0.05) is 18.2 Å². The number of nitro benzene ring substituents is 1. The summed E-state index contributed by atoms with van der Waals surface area (Å²) in [4.78, 5) is 35.4. The zero-order valence-corrected chi connectivity index (χ0v) is 18.8. The summed E-state index contributed by atoms with van der Waals surface area (Å²) in [5.41, 5.74) is 1.53. The predicted molar refractivity (Wildman–Crippen MR) is 126 cm³/mol. The van der Waals surface area contributed by atoms with Crippen molar-refractivity contribution in [2.45, 2.75) is 6.92 Å². The summed E-state index contributed by atoms with van der Waals surface area (Å²) in [6, 6.07) is 16.0. The van der Waals surface area contributed by atoms with Crippen molar-refractivity contribution >= 4 is 28.9 Å². The number of hydrogen-bond donors (Lipinski definition) is 2. The van der Waals surface area contributed by atoms with Crippen LogP contribution in [0, 0.1) is 17.0 Å². The van der Waals surface area contributed by atoms with Gasteiger partial charge in [0.1, 0.15) is 17.2 Å². The number of rotatable bonds is 9. The van der Waals surface area contributed by atoms with Crippen LogP contribution in [0.1, 0.15) is 15.9 Å². The van der Waals surface area contributed by atoms with Crippen LogP contribution in [-0.4, -0.2) is 37.6 Å². The number of hydrogen-bond acceptors (Lipinski definition) is 7. The molecule has 2 amide bonds. The average Bonchev–Trinajstić information content (AvgIpc) is 2.83. The molecule has 34 heavy (non-hydrogen) atoms. The number of aryl methyl sites for hydroxylation is 1. The number of benzene rings is 3. The average molecular weight is 465 g/mol. The van der Waals surface area contributed by atoms with E-state index in [9.17, 15) is 19.7 Å². The fourth-order valence-electron chi connectivity index (χ4n) is 3.13. The van der Waals surface area contributed by atoms with Crippen LogP contribution < -0.4 is 24.8 Å². The Kier molecular flexibility index (Phi) is 7.65. The van der Waals surface area contributed by atoms with Crippen LogP contribution in [-0.2, 0) is 4.79 Å². The van der Waals surface area contributed by atoms with E-state index >= 15 is 0 Å². The molecule has 0 heterocycles. The molecule has 0 aliphatic heterocycles. The van der Waals surface area contributed by atoms with Crippen LogP contribution in [0.4, 0.5) is 17.1 Å². The summed E-state index contributed by atoms with van der Waals surface area (Å²) in [6.45, 7) is 1.25. The van der Waals surface area contributed by atoms with E-state index in [0.717, 1.165) is 0 Å². The van der Waals surface area contributed by atoms with E-state index in [-0.39, 0.29) is 18.2 Å². The van der Waals surface area contributed by atoms with Gasteiger partial charge < -0.3 is 24.8 Å². The fourth-order valence-corrected chi connectivity index (χ4v) is 3.13. The molecule has 0 unspecified atom stereocenters. The van der Waals surface area contributed by atoms with Crippen LogP contribution in [0.5, 0.6) is 17.2 Å². The highest BCUT2D eigenvalue weighted by atomic mass is 16.6. The van der Waals surface area contributed by atoms with Crippen molar-refractivity contribution in [3.63, 3.8) is 0 Å². The first kappa shape index (κ1) is 24.1. The second kappa shape index (κ2) is 10.8. The highest BCUT2D eigenvalue weighted by molar-refractivity contribution is 6.05. The Morgan fingerprint density at radius 3 is 2.09 bits per heavy atom. The van der Waals surface area contributed by atoms with E-state index in [0.29, 0.717) is 39.8 Å². The number of methoxy groups -OCH3 is 2. The van der Waals surface area contributed by atoms with Crippen LogP contribution in [0.25, 0.3) is 0 Å². The molecule has 0 bridgehead atoms. The maximum atomic E-state index is 12.5. The number of ether oxygens (including phenoxy) is 3. The highest BCUT2D eigenvalue weighted by Crippen LogP contribution is 2.36. The number of anilines is 2. The quantitative estimate of drug-likeness (QED) is 0.358. The summed E-state index contributed by atoms with van der Waals surface area (Å²) in [6.07, 6.45) is 0. The Morgan fingerprint density at radius 1 is 0.912 bits per heavy atom. The number of nitrogens with one attached hydrogen (secondary N) is 2. The summed E-state index contributed by atoms with van der Waals surface area (Å²) >= 11 is 0. The molecule has 3 rings (SSSR count). The van der Waals surface area contributed by atoms with Gasteiger partial charge in [-0.05, 0) is 31.2 Å². The van der Waals surface area contributed by atoms with Crippen molar-refractivity contribution in [3.05, 3.63) is 81.9 Å². The Hall–Kier alpha value is -4.60.